The van der Waals surface area contributed by atoms with Gasteiger partial charge in [0.1, 0.15) is 5.75 Å². The van der Waals surface area contributed by atoms with Gasteiger partial charge in [-0.15, -0.1) is 0 Å². The van der Waals surface area contributed by atoms with Gasteiger partial charge in [-0.2, -0.15) is 13.2 Å². The van der Waals surface area contributed by atoms with Crippen molar-refractivity contribution >= 4 is 0 Å². The molecule has 0 heterocycles. The normalized spacial score (nSPS) is 13.6. The van der Waals surface area contributed by atoms with E-state index >= 15 is 0 Å². The monoisotopic (exact) mass is 233 g/mol. The first-order chi connectivity index (χ1) is 7.29. The average Bonchev–Trinajstić information content (AvgIpc) is 2.14. The minimum atomic E-state index is -4.33. The Morgan fingerprint density at radius 3 is 2.50 bits per heavy atom. The van der Waals surface area contributed by atoms with Crippen LogP contribution in [0.2, 0.25) is 0 Å². The lowest BCUT2D eigenvalue weighted by molar-refractivity contribution is -0.153. The quantitative estimate of drug-likeness (QED) is 0.871. The van der Waals surface area contributed by atoms with Crippen molar-refractivity contribution in [1.29, 1.82) is 0 Å². The fourth-order valence-electron chi connectivity index (χ4n) is 1.31. The number of alkyl halides is 3. The molecule has 16 heavy (non-hydrogen) atoms. The van der Waals surface area contributed by atoms with Gasteiger partial charge in [-0.1, -0.05) is 17.7 Å². The number of hydrogen-bond acceptors (Lipinski definition) is 2. The summed E-state index contributed by atoms with van der Waals surface area (Å²) in [4.78, 5) is 0. The van der Waals surface area contributed by atoms with Crippen molar-refractivity contribution in [2.75, 3.05) is 6.61 Å². The molecule has 0 fully saturated rings. The summed E-state index contributed by atoms with van der Waals surface area (Å²) in [6.45, 7) is 2.25. The molecule has 0 aromatic heterocycles. The van der Waals surface area contributed by atoms with E-state index in [0.717, 1.165) is 5.56 Å². The molecule has 0 amide bonds. The highest BCUT2D eigenvalue weighted by Gasteiger charge is 2.28. The second-order valence-electron chi connectivity index (χ2n) is 3.73. The number of halogens is 3. The molecule has 1 rings (SSSR count). The molecule has 0 radical (unpaired) electrons. The Bertz CT molecular complexity index is 361. The molecule has 0 saturated heterocycles. The van der Waals surface area contributed by atoms with Crippen molar-refractivity contribution in [3.8, 4) is 5.75 Å². The van der Waals surface area contributed by atoms with Crippen LogP contribution in [0.3, 0.4) is 0 Å². The molecular weight excluding hydrogens is 219 g/mol. The van der Waals surface area contributed by atoms with E-state index in [2.05, 4.69) is 0 Å². The third-order valence-electron chi connectivity index (χ3n) is 2.05. The number of ether oxygens (including phenoxy) is 1. The van der Waals surface area contributed by atoms with Gasteiger partial charge in [0.05, 0.1) is 0 Å². The molecule has 0 spiro atoms. The predicted molar refractivity (Wildman–Crippen MR) is 55.3 cm³/mol. The lowest BCUT2D eigenvalue weighted by Crippen LogP contribution is -2.20. The molecule has 1 atom stereocenters. The first kappa shape index (κ1) is 12.8. The lowest BCUT2D eigenvalue weighted by Gasteiger charge is -2.15. The van der Waals surface area contributed by atoms with Crippen LogP contribution in [0.4, 0.5) is 13.2 Å². The van der Waals surface area contributed by atoms with Gasteiger partial charge in [0, 0.05) is 11.6 Å². The van der Waals surface area contributed by atoms with Gasteiger partial charge in [-0.05, 0) is 19.9 Å². The maximum Gasteiger partial charge on any atom is 0.422 e. The van der Waals surface area contributed by atoms with E-state index in [-0.39, 0.29) is 11.8 Å². The van der Waals surface area contributed by atoms with E-state index < -0.39 is 12.8 Å². The summed E-state index contributed by atoms with van der Waals surface area (Å²) in [5.41, 5.74) is 7.19. The van der Waals surface area contributed by atoms with Gasteiger partial charge >= 0.3 is 6.18 Å². The standard InChI is InChI=1S/C11H14F3NO/c1-7-3-4-10(9(5-7)8(2)15)16-6-11(12,13)14/h3-5,8H,6,15H2,1-2H3/t8-/m1/s1. The molecule has 0 saturated carbocycles. The average molecular weight is 233 g/mol. The molecule has 0 aliphatic heterocycles. The molecule has 0 unspecified atom stereocenters. The van der Waals surface area contributed by atoms with Crippen LogP contribution in [-0.2, 0) is 0 Å². The number of nitrogens with two attached hydrogens (primary N) is 1. The Morgan fingerprint density at radius 2 is 2.00 bits per heavy atom. The van der Waals surface area contributed by atoms with Crippen LogP contribution in [0.25, 0.3) is 0 Å². The van der Waals surface area contributed by atoms with E-state index in [1.807, 2.05) is 6.92 Å². The highest BCUT2D eigenvalue weighted by atomic mass is 19.4. The SMILES string of the molecule is Cc1ccc(OCC(F)(F)F)c([C@@H](C)N)c1. The van der Waals surface area contributed by atoms with Crippen molar-refractivity contribution in [1.82, 2.24) is 0 Å². The molecular formula is C11H14F3NO. The lowest BCUT2D eigenvalue weighted by atomic mass is 10.1. The minimum absolute atomic E-state index is 0.193. The minimum Gasteiger partial charge on any atom is -0.484 e. The summed E-state index contributed by atoms with van der Waals surface area (Å²) in [6.07, 6.45) is -4.33. The van der Waals surface area contributed by atoms with Crippen LogP contribution < -0.4 is 10.5 Å². The van der Waals surface area contributed by atoms with Crippen molar-refractivity contribution in [3.63, 3.8) is 0 Å². The molecule has 2 nitrogen and oxygen atoms in total. The Morgan fingerprint density at radius 1 is 1.38 bits per heavy atom. The topological polar surface area (TPSA) is 35.2 Å². The number of hydrogen-bond donors (Lipinski definition) is 1. The first-order valence-electron chi connectivity index (χ1n) is 4.85. The van der Waals surface area contributed by atoms with Crippen LogP contribution >= 0.6 is 0 Å². The first-order valence-corrected chi connectivity index (χ1v) is 4.85. The summed E-state index contributed by atoms with van der Waals surface area (Å²) in [7, 11) is 0. The molecule has 2 N–H and O–H groups in total. The summed E-state index contributed by atoms with van der Waals surface area (Å²) in [5.74, 6) is 0.193. The van der Waals surface area contributed by atoms with Crippen LogP contribution in [0.5, 0.6) is 5.75 Å². The fourth-order valence-corrected chi connectivity index (χ4v) is 1.31. The van der Waals surface area contributed by atoms with Crippen molar-refractivity contribution < 1.29 is 17.9 Å². The molecule has 1 aromatic rings. The molecule has 90 valence electrons. The Labute approximate surface area is 92.2 Å². The largest absolute Gasteiger partial charge is 0.484 e. The number of benzene rings is 1. The highest BCUT2D eigenvalue weighted by Crippen LogP contribution is 2.26. The van der Waals surface area contributed by atoms with Gasteiger partial charge in [0.15, 0.2) is 6.61 Å². The Balaban J connectivity index is 2.87. The summed E-state index contributed by atoms with van der Waals surface area (Å²) in [5, 5.41) is 0. The van der Waals surface area contributed by atoms with Crippen molar-refractivity contribution in [3.05, 3.63) is 29.3 Å². The second kappa shape index (κ2) is 4.74. The summed E-state index contributed by atoms with van der Waals surface area (Å²) < 4.78 is 40.7. The number of rotatable bonds is 3. The van der Waals surface area contributed by atoms with Crippen molar-refractivity contribution in [2.24, 2.45) is 5.73 Å². The van der Waals surface area contributed by atoms with Crippen LogP contribution in [0.15, 0.2) is 18.2 Å². The van der Waals surface area contributed by atoms with Gasteiger partial charge < -0.3 is 10.5 Å². The van der Waals surface area contributed by atoms with Crippen molar-refractivity contribution in [2.45, 2.75) is 26.1 Å². The molecule has 5 heteroatoms. The van der Waals surface area contributed by atoms with Crippen LogP contribution in [0.1, 0.15) is 24.1 Å². The Kier molecular flexibility index (Phi) is 3.80. The van der Waals surface area contributed by atoms with E-state index in [9.17, 15) is 13.2 Å². The molecule has 0 aliphatic rings. The van der Waals surface area contributed by atoms with Gasteiger partial charge in [0.2, 0.25) is 0 Å². The van der Waals surface area contributed by atoms with Gasteiger partial charge in [-0.25, -0.2) is 0 Å². The maximum absolute atomic E-state index is 12.0. The van der Waals surface area contributed by atoms with E-state index in [1.165, 1.54) is 6.07 Å². The highest BCUT2D eigenvalue weighted by molar-refractivity contribution is 5.38. The van der Waals surface area contributed by atoms with E-state index in [4.69, 9.17) is 10.5 Å². The van der Waals surface area contributed by atoms with Gasteiger partial charge in [-0.3, -0.25) is 0 Å². The summed E-state index contributed by atoms with van der Waals surface area (Å²) >= 11 is 0. The van der Waals surface area contributed by atoms with Gasteiger partial charge in [0.25, 0.3) is 0 Å². The van der Waals surface area contributed by atoms with Crippen LogP contribution in [-0.4, -0.2) is 12.8 Å². The van der Waals surface area contributed by atoms with E-state index in [1.54, 1.807) is 19.1 Å². The number of aryl methyl sites for hydroxylation is 1. The molecule has 0 bridgehead atoms. The maximum atomic E-state index is 12.0. The zero-order valence-corrected chi connectivity index (χ0v) is 9.14. The van der Waals surface area contributed by atoms with E-state index in [0.29, 0.717) is 5.56 Å². The van der Waals surface area contributed by atoms with Crippen LogP contribution in [0, 0.1) is 6.92 Å². The smallest absolute Gasteiger partial charge is 0.422 e. The summed E-state index contributed by atoms with van der Waals surface area (Å²) in [6, 6.07) is 4.58. The Hall–Kier alpha value is -1.23. The molecule has 1 aromatic carbocycles. The third kappa shape index (κ3) is 3.73. The fraction of sp³-hybridized carbons (Fsp3) is 0.455. The predicted octanol–water partition coefficient (Wildman–Crippen LogP) is 2.96. The molecule has 0 aliphatic carbocycles. The zero-order valence-electron chi connectivity index (χ0n) is 9.14. The second-order valence-corrected chi connectivity index (χ2v) is 3.73. The zero-order chi connectivity index (χ0) is 12.3. The third-order valence-corrected chi connectivity index (χ3v) is 2.05.